The van der Waals surface area contributed by atoms with Crippen molar-refractivity contribution < 1.29 is 14.2 Å². The summed E-state index contributed by atoms with van der Waals surface area (Å²) in [5, 5.41) is 8.83. The molecule has 1 aliphatic heterocycles. The first-order chi connectivity index (χ1) is 7.61. The van der Waals surface area contributed by atoms with Gasteiger partial charge >= 0.3 is 5.69 Å². The lowest BCUT2D eigenvalue weighted by Gasteiger charge is -2.13. The Morgan fingerprint density at radius 2 is 2.50 bits per heavy atom. The summed E-state index contributed by atoms with van der Waals surface area (Å²) >= 11 is 0. The molecule has 0 radical (unpaired) electrons. The molecule has 16 heavy (non-hydrogen) atoms. The molecule has 3 atom stereocenters. The van der Waals surface area contributed by atoms with E-state index in [4.69, 9.17) is 15.6 Å². The van der Waals surface area contributed by atoms with Gasteiger partial charge in [0.1, 0.15) is 24.3 Å². The van der Waals surface area contributed by atoms with Crippen LogP contribution in [0.4, 0.5) is 10.2 Å². The fourth-order valence-electron chi connectivity index (χ4n) is 1.67. The quantitative estimate of drug-likeness (QED) is 0.709. The zero-order valence-electron chi connectivity index (χ0n) is 8.41. The number of nitrogens with zero attached hydrogens (tertiary/aromatic N) is 2. The summed E-state index contributed by atoms with van der Waals surface area (Å²) < 4.78 is 19.6. The maximum atomic E-state index is 13.3. The largest absolute Gasteiger partial charge is 0.394 e. The molecule has 1 aliphatic rings. The van der Waals surface area contributed by atoms with E-state index >= 15 is 0 Å². The van der Waals surface area contributed by atoms with E-state index in [2.05, 4.69) is 4.98 Å². The van der Waals surface area contributed by atoms with Crippen LogP contribution in [-0.2, 0) is 4.74 Å². The zero-order valence-corrected chi connectivity index (χ0v) is 8.41. The first-order valence-corrected chi connectivity index (χ1v) is 4.87. The molecule has 1 fully saturated rings. The van der Waals surface area contributed by atoms with E-state index in [1.165, 1.54) is 16.8 Å². The number of aromatic nitrogens is 2. The van der Waals surface area contributed by atoms with Crippen molar-refractivity contribution in [2.75, 3.05) is 12.3 Å². The number of anilines is 1. The van der Waals surface area contributed by atoms with Crippen molar-refractivity contribution in [1.29, 1.82) is 0 Å². The highest BCUT2D eigenvalue weighted by atomic mass is 19.1. The number of halogens is 1. The predicted octanol–water partition coefficient (Wildman–Crippen LogP) is -0.557. The van der Waals surface area contributed by atoms with Crippen LogP contribution < -0.4 is 11.4 Å². The van der Waals surface area contributed by atoms with Crippen LogP contribution in [0.15, 0.2) is 17.1 Å². The number of hydrogen-bond acceptors (Lipinski definition) is 5. The van der Waals surface area contributed by atoms with Crippen LogP contribution in [0.3, 0.4) is 0 Å². The molecule has 6 nitrogen and oxygen atoms in total. The average molecular weight is 229 g/mol. The summed E-state index contributed by atoms with van der Waals surface area (Å²) in [6.07, 6.45) is -1.46. The van der Waals surface area contributed by atoms with Gasteiger partial charge in [-0.25, -0.2) is 9.18 Å². The standard InChI is InChI=1S/C9H12FN3O3/c10-5-3-8(16-6(5)4-14)13-2-1-7(11)12-9(13)15/h1-2,5-6,8,14H,3-4H2,(H2,11,12,15)/t5-,6+,8-/m0/s1. The number of hydrogen-bond donors (Lipinski definition) is 2. The number of aliphatic hydroxyl groups excluding tert-OH is 1. The highest BCUT2D eigenvalue weighted by Gasteiger charge is 2.36. The van der Waals surface area contributed by atoms with Gasteiger partial charge in [-0.15, -0.1) is 0 Å². The Labute approximate surface area is 90.5 Å². The van der Waals surface area contributed by atoms with Crippen molar-refractivity contribution in [3.05, 3.63) is 22.7 Å². The molecule has 0 amide bonds. The lowest BCUT2D eigenvalue weighted by molar-refractivity contribution is -0.0355. The minimum Gasteiger partial charge on any atom is -0.394 e. The van der Waals surface area contributed by atoms with Gasteiger partial charge in [0.05, 0.1) is 6.61 Å². The first kappa shape index (κ1) is 11.0. The fourth-order valence-corrected chi connectivity index (χ4v) is 1.67. The minimum absolute atomic E-state index is 0.0245. The molecule has 88 valence electrons. The van der Waals surface area contributed by atoms with Crippen molar-refractivity contribution in [1.82, 2.24) is 9.55 Å². The topological polar surface area (TPSA) is 90.4 Å². The molecule has 1 saturated heterocycles. The number of alkyl halides is 1. The second-order valence-electron chi connectivity index (χ2n) is 3.61. The maximum absolute atomic E-state index is 13.3. The first-order valence-electron chi connectivity index (χ1n) is 4.87. The van der Waals surface area contributed by atoms with Gasteiger partial charge in [0.15, 0.2) is 0 Å². The molecular formula is C9H12FN3O3. The number of nitrogen functional groups attached to an aromatic ring is 1. The van der Waals surface area contributed by atoms with Gasteiger partial charge in [0.2, 0.25) is 0 Å². The van der Waals surface area contributed by atoms with Crippen LogP contribution in [0.25, 0.3) is 0 Å². The van der Waals surface area contributed by atoms with Gasteiger partial charge in [0.25, 0.3) is 0 Å². The molecule has 2 rings (SSSR count). The van der Waals surface area contributed by atoms with Crippen LogP contribution in [0.1, 0.15) is 12.6 Å². The lowest BCUT2D eigenvalue weighted by Crippen LogP contribution is -2.27. The molecule has 1 aromatic rings. The molecule has 7 heteroatoms. The van der Waals surface area contributed by atoms with Crippen LogP contribution in [0, 0.1) is 0 Å². The predicted molar refractivity (Wildman–Crippen MR) is 53.4 cm³/mol. The summed E-state index contributed by atoms with van der Waals surface area (Å²) in [7, 11) is 0. The monoisotopic (exact) mass is 229 g/mol. The Bertz CT molecular complexity index is 436. The Hall–Kier alpha value is -1.47. The van der Waals surface area contributed by atoms with Crippen LogP contribution in [0.2, 0.25) is 0 Å². The second-order valence-corrected chi connectivity index (χ2v) is 3.61. The molecule has 0 aliphatic carbocycles. The second kappa shape index (κ2) is 4.18. The SMILES string of the molecule is Nc1ccn([C@@H]2C[C@H](F)[C@@H](CO)O2)c(=O)n1. The van der Waals surface area contributed by atoms with Crippen LogP contribution >= 0.6 is 0 Å². The van der Waals surface area contributed by atoms with E-state index in [0.717, 1.165) is 0 Å². The maximum Gasteiger partial charge on any atom is 0.351 e. The van der Waals surface area contributed by atoms with E-state index in [-0.39, 0.29) is 12.2 Å². The molecule has 2 heterocycles. The van der Waals surface area contributed by atoms with Gasteiger partial charge in [-0.2, -0.15) is 4.98 Å². The third-order valence-electron chi connectivity index (χ3n) is 2.50. The lowest BCUT2D eigenvalue weighted by atomic mass is 10.2. The normalized spacial score (nSPS) is 29.5. The fraction of sp³-hybridized carbons (Fsp3) is 0.556. The minimum atomic E-state index is -1.28. The number of aliphatic hydroxyl groups is 1. The third kappa shape index (κ3) is 1.91. The average Bonchev–Trinajstić information content (AvgIpc) is 2.59. The summed E-state index contributed by atoms with van der Waals surface area (Å²) in [6, 6.07) is 1.43. The highest BCUT2D eigenvalue weighted by molar-refractivity contribution is 5.23. The van der Waals surface area contributed by atoms with Gasteiger partial charge in [-0.05, 0) is 6.07 Å². The molecule has 0 saturated carbocycles. The van der Waals surface area contributed by atoms with Crippen molar-refractivity contribution in [3.63, 3.8) is 0 Å². The van der Waals surface area contributed by atoms with Crippen molar-refractivity contribution in [2.45, 2.75) is 24.9 Å². The van der Waals surface area contributed by atoms with Crippen molar-refractivity contribution >= 4 is 5.82 Å². The molecule has 0 spiro atoms. The smallest absolute Gasteiger partial charge is 0.351 e. The molecule has 0 bridgehead atoms. The van der Waals surface area contributed by atoms with Crippen molar-refractivity contribution in [2.24, 2.45) is 0 Å². The summed E-state index contributed by atoms with van der Waals surface area (Å²) in [5.74, 6) is 0.106. The van der Waals surface area contributed by atoms with E-state index in [9.17, 15) is 9.18 Å². The van der Waals surface area contributed by atoms with Gasteiger partial charge in [0, 0.05) is 12.6 Å². The summed E-state index contributed by atoms with van der Waals surface area (Å²) in [4.78, 5) is 14.9. The molecule has 1 aromatic heterocycles. The Morgan fingerprint density at radius 1 is 1.75 bits per heavy atom. The number of nitrogens with two attached hydrogens (primary N) is 1. The third-order valence-corrected chi connectivity index (χ3v) is 2.50. The van der Waals surface area contributed by atoms with Crippen LogP contribution in [-0.4, -0.2) is 33.5 Å². The zero-order chi connectivity index (χ0) is 11.7. The molecule has 0 unspecified atom stereocenters. The van der Waals surface area contributed by atoms with Gasteiger partial charge in [-0.1, -0.05) is 0 Å². The Morgan fingerprint density at radius 3 is 3.06 bits per heavy atom. The van der Waals surface area contributed by atoms with E-state index in [0.29, 0.717) is 0 Å². The number of rotatable bonds is 2. The summed E-state index contributed by atoms with van der Waals surface area (Å²) in [6.45, 7) is -0.408. The highest BCUT2D eigenvalue weighted by Crippen LogP contribution is 2.29. The van der Waals surface area contributed by atoms with Crippen LogP contribution in [0.5, 0.6) is 0 Å². The molecule has 3 N–H and O–H groups in total. The van der Waals surface area contributed by atoms with E-state index in [1.807, 2.05) is 0 Å². The van der Waals surface area contributed by atoms with Gasteiger partial charge in [-0.3, -0.25) is 4.57 Å². The number of ether oxygens (including phenoxy) is 1. The Kier molecular flexibility index (Phi) is 2.88. The Balaban J connectivity index is 2.23. The van der Waals surface area contributed by atoms with E-state index < -0.39 is 30.8 Å². The van der Waals surface area contributed by atoms with E-state index in [1.54, 1.807) is 0 Å². The molecule has 0 aromatic carbocycles. The van der Waals surface area contributed by atoms with Gasteiger partial charge < -0.3 is 15.6 Å². The summed E-state index contributed by atoms with van der Waals surface area (Å²) in [5.41, 5.74) is 4.74. The molecular weight excluding hydrogens is 217 g/mol. The van der Waals surface area contributed by atoms with Crippen molar-refractivity contribution in [3.8, 4) is 0 Å².